The molecule has 0 unspecified atom stereocenters. The quantitative estimate of drug-likeness (QED) is 0.620. The summed E-state index contributed by atoms with van der Waals surface area (Å²) in [6, 6.07) is 11.6. The lowest BCUT2D eigenvalue weighted by atomic mass is 9.98. The molecule has 0 aliphatic rings. The third-order valence-corrected chi connectivity index (χ3v) is 4.85. The smallest absolute Gasteiger partial charge is 0.259 e. The standard InChI is InChI=1S/C18H19Br2NO2/c1-4-11(2)12-5-7-14(8-6-12)21-18(22)15-9-13(19)10-16(20)17(15)23-3/h5-11H,4H2,1-3H3,(H,21,22)/t11-/m0/s1. The number of ether oxygens (including phenoxy) is 1. The van der Waals surface area contributed by atoms with Crippen LogP contribution in [0.1, 0.15) is 42.1 Å². The van der Waals surface area contributed by atoms with Crippen molar-refractivity contribution in [2.75, 3.05) is 12.4 Å². The zero-order valence-electron chi connectivity index (χ0n) is 13.3. The molecule has 23 heavy (non-hydrogen) atoms. The van der Waals surface area contributed by atoms with E-state index in [2.05, 4.69) is 63.2 Å². The Bertz CT molecular complexity index is 699. The molecule has 2 aromatic rings. The fourth-order valence-electron chi connectivity index (χ4n) is 2.27. The maximum absolute atomic E-state index is 12.5. The lowest BCUT2D eigenvalue weighted by Crippen LogP contribution is -2.13. The lowest BCUT2D eigenvalue weighted by molar-refractivity contribution is 0.102. The Hall–Kier alpha value is -1.33. The second-order valence-electron chi connectivity index (χ2n) is 5.35. The van der Waals surface area contributed by atoms with Crippen LogP contribution in [-0.2, 0) is 0 Å². The predicted octanol–water partition coefficient (Wildman–Crippen LogP) is 5.99. The predicted molar refractivity (Wildman–Crippen MR) is 101 cm³/mol. The normalized spacial score (nSPS) is 11.9. The maximum atomic E-state index is 12.5. The molecular formula is C18H19Br2NO2. The summed E-state index contributed by atoms with van der Waals surface area (Å²) in [6.07, 6.45) is 1.09. The van der Waals surface area contributed by atoms with Crippen molar-refractivity contribution < 1.29 is 9.53 Å². The minimum Gasteiger partial charge on any atom is -0.495 e. The van der Waals surface area contributed by atoms with Gasteiger partial charge in [0, 0.05) is 10.2 Å². The van der Waals surface area contributed by atoms with E-state index in [0.29, 0.717) is 17.2 Å². The average molecular weight is 441 g/mol. The van der Waals surface area contributed by atoms with Gasteiger partial charge in [-0.15, -0.1) is 0 Å². The highest BCUT2D eigenvalue weighted by Crippen LogP contribution is 2.33. The summed E-state index contributed by atoms with van der Waals surface area (Å²) in [6.45, 7) is 4.36. The van der Waals surface area contributed by atoms with E-state index in [-0.39, 0.29) is 5.91 Å². The van der Waals surface area contributed by atoms with Crippen LogP contribution in [0.2, 0.25) is 0 Å². The van der Waals surface area contributed by atoms with Crippen molar-refractivity contribution in [3.8, 4) is 5.75 Å². The van der Waals surface area contributed by atoms with Gasteiger partial charge in [-0.1, -0.05) is 41.9 Å². The molecule has 0 aliphatic carbocycles. The van der Waals surface area contributed by atoms with E-state index in [1.165, 1.54) is 5.56 Å². The summed E-state index contributed by atoms with van der Waals surface area (Å²) in [7, 11) is 1.55. The van der Waals surface area contributed by atoms with Gasteiger partial charge < -0.3 is 10.1 Å². The molecule has 0 radical (unpaired) electrons. The van der Waals surface area contributed by atoms with Crippen molar-refractivity contribution in [1.82, 2.24) is 0 Å². The highest BCUT2D eigenvalue weighted by Gasteiger charge is 2.16. The number of hydrogen-bond donors (Lipinski definition) is 1. The van der Waals surface area contributed by atoms with Gasteiger partial charge in [-0.25, -0.2) is 0 Å². The largest absolute Gasteiger partial charge is 0.495 e. The Morgan fingerprint density at radius 3 is 2.43 bits per heavy atom. The molecule has 3 nitrogen and oxygen atoms in total. The Morgan fingerprint density at radius 2 is 1.87 bits per heavy atom. The summed E-state index contributed by atoms with van der Waals surface area (Å²) < 4.78 is 6.86. The van der Waals surface area contributed by atoms with Gasteiger partial charge in [0.25, 0.3) is 5.91 Å². The Kier molecular flexibility index (Phi) is 6.25. The van der Waals surface area contributed by atoms with E-state index < -0.39 is 0 Å². The van der Waals surface area contributed by atoms with Gasteiger partial charge >= 0.3 is 0 Å². The second kappa shape index (κ2) is 7.97. The average Bonchev–Trinajstić information content (AvgIpc) is 2.54. The van der Waals surface area contributed by atoms with E-state index in [0.717, 1.165) is 21.1 Å². The summed E-state index contributed by atoms with van der Waals surface area (Å²) in [5.74, 6) is 0.822. The molecule has 0 spiro atoms. The maximum Gasteiger partial charge on any atom is 0.259 e. The number of methoxy groups -OCH3 is 1. The van der Waals surface area contributed by atoms with Crippen molar-refractivity contribution in [2.24, 2.45) is 0 Å². The molecule has 0 saturated carbocycles. The highest BCUT2D eigenvalue weighted by molar-refractivity contribution is 9.11. The topological polar surface area (TPSA) is 38.3 Å². The first-order chi connectivity index (χ1) is 11.0. The summed E-state index contributed by atoms with van der Waals surface area (Å²) >= 11 is 6.81. The van der Waals surface area contributed by atoms with E-state index >= 15 is 0 Å². The number of carbonyl (C=O) groups is 1. The number of nitrogens with one attached hydrogen (secondary N) is 1. The zero-order valence-corrected chi connectivity index (χ0v) is 16.5. The molecular weight excluding hydrogens is 422 g/mol. The summed E-state index contributed by atoms with van der Waals surface area (Å²) in [5.41, 5.74) is 2.51. The molecule has 1 amide bonds. The van der Waals surface area contributed by atoms with Crippen LogP contribution in [0.4, 0.5) is 5.69 Å². The van der Waals surface area contributed by atoms with Gasteiger partial charge in [-0.3, -0.25) is 4.79 Å². The third-order valence-electron chi connectivity index (χ3n) is 3.81. The van der Waals surface area contributed by atoms with Crippen molar-refractivity contribution in [1.29, 1.82) is 0 Å². The molecule has 2 rings (SSSR count). The van der Waals surface area contributed by atoms with E-state index in [1.807, 2.05) is 18.2 Å². The molecule has 0 aromatic heterocycles. The molecule has 1 atom stereocenters. The number of halogens is 2. The lowest BCUT2D eigenvalue weighted by Gasteiger charge is -2.13. The van der Waals surface area contributed by atoms with Crippen molar-refractivity contribution in [3.05, 3.63) is 56.5 Å². The molecule has 1 N–H and O–H groups in total. The number of amides is 1. The van der Waals surface area contributed by atoms with Crippen LogP contribution in [-0.4, -0.2) is 13.0 Å². The Morgan fingerprint density at radius 1 is 1.22 bits per heavy atom. The minimum absolute atomic E-state index is 0.208. The number of anilines is 1. The van der Waals surface area contributed by atoms with E-state index in [4.69, 9.17) is 4.74 Å². The molecule has 2 aromatic carbocycles. The minimum atomic E-state index is -0.208. The summed E-state index contributed by atoms with van der Waals surface area (Å²) in [4.78, 5) is 12.5. The van der Waals surface area contributed by atoms with Crippen LogP contribution in [0.3, 0.4) is 0 Å². The van der Waals surface area contributed by atoms with Gasteiger partial charge in [0.2, 0.25) is 0 Å². The number of rotatable bonds is 5. The van der Waals surface area contributed by atoms with Crippen LogP contribution in [0, 0.1) is 0 Å². The SMILES string of the molecule is CC[C@H](C)c1ccc(NC(=O)c2cc(Br)cc(Br)c2OC)cc1. The van der Waals surface area contributed by atoms with Gasteiger partial charge in [0.1, 0.15) is 5.75 Å². The van der Waals surface area contributed by atoms with Gasteiger partial charge in [-0.05, 0) is 58.1 Å². The third kappa shape index (κ3) is 4.36. The van der Waals surface area contributed by atoms with Crippen molar-refractivity contribution in [2.45, 2.75) is 26.2 Å². The molecule has 0 heterocycles. The van der Waals surface area contributed by atoms with Crippen molar-refractivity contribution >= 4 is 43.5 Å². The Labute approximate surface area is 153 Å². The molecule has 0 fully saturated rings. The first kappa shape index (κ1) is 18.0. The van der Waals surface area contributed by atoms with Crippen molar-refractivity contribution in [3.63, 3.8) is 0 Å². The zero-order chi connectivity index (χ0) is 17.0. The molecule has 122 valence electrons. The fraction of sp³-hybridized carbons (Fsp3) is 0.278. The number of benzene rings is 2. The van der Waals surface area contributed by atoms with Crippen LogP contribution in [0.25, 0.3) is 0 Å². The number of carbonyl (C=O) groups excluding carboxylic acids is 1. The summed E-state index contributed by atoms with van der Waals surface area (Å²) in [5, 5.41) is 2.91. The monoisotopic (exact) mass is 439 g/mol. The fourth-order valence-corrected chi connectivity index (χ4v) is 3.65. The molecule has 0 aliphatic heterocycles. The van der Waals surface area contributed by atoms with Crippen LogP contribution in [0.15, 0.2) is 45.3 Å². The first-order valence-corrected chi connectivity index (χ1v) is 8.99. The van der Waals surface area contributed by atoms with Crippen LogP contribution in [0.5, 0.6) is 5.75 Å². The highest BCUT2D eigenvalue weighted by atomic mass is 79.9. The first-order valence-electron chi connectivity index (χ1n) is 7.40. The number of hydrogen-bond acceptors (Lipinski definition) is 2. The molecule has 5 heteroatoms. The van der Waals surface area contributed by atoms with E-state index in [1.54, 1.807) is 13.2 Å². The van der Waals surface area contributed by atoms with Gasteiger partial charge in [-0.2, -0.15) is 0 Å². The van der Waals surface area contributed by atoms with Gasteiger partial charge in [0.15, 0.2) is 0 Å². The van der Waals surface area contributed by atoms with Gasteiger partial charge in [0.05, 0.1) is 17.1 Å². The Balaban J connectivity index is 2.22. The van der Waals surface area contributed by atoms with E-state index in [9.17, 15) is 4.79 Å². The second-order valence-corrected chi connectivity index (χ2v) is 7.12. The molecule has 0 bridgehead atoms. The van der Waals surface area contributed by atoms with Crippen LogP contribution >= 0.6 is 31.9 Å². The molecule has 0 saturated heterocycles. The van der Waals surface area contributed by atoms with Crippen LogP contribution < -0.4 is 10.1 Å².